The van der Waals surface area contributed by atoms with Crippen LogP contribution in [0.4, 0.5) is 9.52 Å². The van der Waals surface area contributed by atoms with E-state index in [0.717, 1.165) is 29.7 Å². The predicted molar refractivity (Wildman–Crippen MR) is 106 cm³/mol. The number of para-hydroxylation sites is 1. The zero-order valence-corrected chi connectivity index (χ0v) is 15.8. The molecule has 1 fully saturated rings. The van der Waals surface area contributed by atoms with E-state index < -0.39 is 0 Å². The zero-order valence-electron chi connectivity index (χ0n) is 14.9. The molecule has 0 N–H and O–H groups in total. The van der Waals surface area contributed by atoms with E-state index >= 15 is 0 Å². The fourth-order valence-corrected chi connectivity index (χ4v) is 4.33. The summed E-state index contributed by atoms with van der Waals surface area (Å²) in [4.78, 5) is 19.1. The van der Waals surface area contributed by atoms with Gasteiger partial charge >= 0.3 is 0 Å². The van der Waals surface area contributed by atoms with Crippen molar-refractivity contribution in [1.82, 2.24) is 4.98 Å². The van der Waals surface area contributed by atoms with Gasteiger partial charge < -0.3 is 4.74 Å². The topological polar surface area (TPSA) is 42.4 Å². The van der Waals surface area contributed by atoms with Gasteiger partial charge in [0.2, 0.25) is 5.91 Å². The van der Waals surface area contributed by atoms with Crippen LogP contribution >= 0.6 is 11.3 Å². The largest absolute Gasteiger partial charge is 0.376 e. The van der Waals surface area contributed by atoms with Crippen LogP contribution in [0.25, 0.3) is 10.2 Å². The number of aryl methyl sites for hydroxylation is 1. The Morgan fingerprint density at radius 1 is 1.22 bits per heavy atom. The summed E-state index contributed by atoms with van der Waals surface area (Å²) < 4.78 is 20.5. The Balaban J connectivity index is 1.57. The highest BCUT2D eigenvalue weighted by molar-refractivity contribution is 7.22. The molecule has 1 aliphatic heterocycles. The van der Waals surface area contributed by atoms with E-state index in [-0.39, 0.29) is 17.8 Å². The molecule has 140 valence electrons. The Kier molecular flexibility index (Phi) is 5.45. The fourth-order valence-electron chi connectivity index (χ4n) is 3.33. The fraction of sp³-hybridized carbons (Fsp3) is 0.333. The Hall–Kier alpha value is -2.31. The zero-order chi connectivity index (χ0) is 18.6. The maximum atomic E-state index is 14.1. The molecule has 1 atom stereocenters. The average molecular weight is 384 g/mol. The number of amides is 1. The van der Waals surface area contributed by atoms with Gasteiger partial charge in [-0.25, -0.2) is 9.37 Å². The maximum absolute atomic E-state index is 14.1. The van der Waals surface area contributed by atoms with Crippen molar-refractivity contribution in [2.24, 2.45) is 0 Å². The van der Waals surface area contributed by atoms with Crippen molar-refractivity contribution in [1.29, 1.82) is 0 Å². The monoisotopic (exact) mass is 384 g/mol. The predicted octanol–water partition coefficient (Wildman–Crippen LogP) is 4.58. The summed E-state index contributed by atoms with van der Waals surface area (Å²) in [6.07, 6.45) is 3.01. The Labute approximate surface area is 161 Å². The SMILES string of the molecule is O=C(CCc1ccccc1)N(CC1CCCO1)c1nc2c(F)cccc2s1. The molecule has 1 saturated heterocycles. The number of benzene rings is 2. The van der Waals surface area contributed by atoms with Crippen LogP contribution in [0.3, 0.4) is 0 Å². The molecule has 4 nitrogen and oxygen atoms in total. The Morgan fingerprint density at radius 2 is 2.07 bits per heavy atom. The van der Waals surface area contributed by atoms with Gasteiger partial charge in [0, 0.05) is 13.0 Å². The number of thiazole rings is 1. The van der Waals surface area contributed by atoms with Crippen LogP contribution < -0.4 is 4.90 Å². The number of hydrogen-bond acceptors (Lipinski definition) is 4. The molecule has 1 unspecified atom stereocenters. The number of carbonyl (C=O) groups is 1. The Bertz CT molecular complexity index is 922. The molecule has 0 bridgehead atoms. The third-order valence-electron chi connectivity index (χ3n) is 4.77. The van der Waals surface area contributed by atoms with Crippen molar-refractivity contribution in [3.8, 4) is 0 Å². The van der Waals surface area contributed by atoms with Crippen LogP contribution in [-0.2, 0) is 16.0 Å². The van der Waals surface area contributed by atoms with Crippen molar-refractivity contribution >= 4 is 32.6 Å². The minimum atomic E-state index is -0.358. The minimum absolute atomic E-state index is 0.00572. The molecular formula is C21H21FN2O2S. The Morgan fingerprint density at radius 3 is 2.81 bits per heavy atom. The van der Waals surface area contributed by atoms with Gasteiger partial charge in [-0.05, 0) is 37.0 Å². The highest BCUT2D eigenvalue weighted by Crippen LogP contribution is 2.31. The van der Waals surface area contributed by atoms with Gasteiger partial charge in [-0.15, -0.1) is 0 Å². The van der Waals surface area contributed by atoms with Crippen LogP contribution in [-0.4, -0.2) is 30.1 Å². The molecule has 1 aromatic heterocycles. The van der Waals surface area contributed by atoms with Crippen molar-refractivity contribution < 1.29 is 13.9 Å². The first-order valence-corrected chi connectivity index (χ1v) is 10.0. The molecule has 1 amide bonds. The highest BCUT2D eigenvalue weighted by atomic mass is 32.1. The average Bonchev–Trinajstić information content (AvgIpc) is 3.35. The number of halogens is 1. The summed E-state index contributed by atoms with van der Waals surface area (Å²) in [6.45, 7) is 1.19. The molecule has 27 heavy (non-hydrogen) atoms. The molecule has 6 heteroatoms. The smallest absolute Gasteiger partial charge is 0.229 e. The van der Waals surface area contributed by atoms with Crippen LogP contribution in [0.1, 0.15) is 24.8 Å². The minimum Gasteiger partial charge on any atom is -0.376 e. The van der Waals surface area contributed by atoms with E-state index in [0.29, 0.717) is 30.0 Å². The van der Waals surface area contributed by atoms with Crippen LogP contribution in [0.5, 0.6) is 0 Å². The van der Waals surface area contributed by atoms with Gasteiger partial charge in [0.1, 0.15) is 11.3 Å². The molecule has 0 spiro atoms. The molecule has 3 aromatic rings. The molecule has 2 aromatic carbocycles. The third-order valence-corrected chi connectivity index (χ3v) is 5.81. The normalized spacial score (nSPS) is 16.7. The maximum Gasteiger partial charge on any atom is 0.229 e. The first-order chi connectivity index (χ1) is 13.2. The number of carbonyl (C=O) groups excluding carboxylic acids is 1. The highest BCUT2D eigenvalue weighted by Gasteiger charge is 2.26. The van der Waals surface area contributed by atoms with Crippen molar-refractivity contribution in [2.75, 3.05) is 18.1 Å². The molecule has 4 rings (SSSR count). The lowest BCUT2D eigenvalue weighted by molar-refractivity contribution is -0.119. The van der Waals surface area contributed by atoms with E-state index in [9.17, 15) is 9.18 Å². The summed E-state index contributed by atoms with van der Waals surface area (Å²) in [5, 5.41) is 0.545. The number of anilines is 1. The number of ether oxygens (including phenoxy) is 1. The first kappa shape index (κ1) is 18.1. The van der Waals surface area contributed by atoms with Gasteiger partial charge in [0.25, 0.3) is 0 Å². The number of nitrogens with zero attached hydrogens (tertiary/aromatic N) is 2. The second kappa shape index (κ2) is 8.15. The van der Waals surface area contributed by atoms with E-state index in [1.54, 1.807) is 11.0 Å². The molecule has 0 radical (unpaired) electrons. The van der Waals surface area contributed by atoms with Gasteiger partial charge in [-0.3, -0.25) is 9.69 Å². The van der Waals surface area contributed by atoms with Gasteiger partial charge in [-0.1, -0.05) is 47.7 Å². The van der Waals surface area contributed by atoms with Crippen molar-refractivity contribution in [2.45, 2.75) is 31.8 Å². The quantitative estimate of drug-likeness (QED) is 0.625. The second-order valence-corrected chi connectivity index (χ2v) is 7.72. The van der Waals surface area contributed by atoms with E-state index in [1.165, 1.54) is 17.4 Å². The van der Waals surface area contributed by atoms with E-state index in [4.69, 9.17) is 4.74 Å². The molecule has 0 saturated carbocycles. The molecular weight excluding hydrogens is 363 g/mol. The van der Waals surface area contributed by atoms with Crippen molar-refractivity contribution in [3.63, 3.8) is 0 Å². The number of aromatic nitrogens is 1. The van der Waals surface area contributed by atoms with Crippen LogP contribution in [0.2, 0.25) is 0 Å². The standard InChI is InChI=1S/C21H21FN2O2S/c22-17-9-4-10-18-20(17)23-21(27-18)24(14-16-8-5-13-26-16)19(25)12-11-15-6-2-1-3-7-15/h1-4,6-7,9-10,16H,5,8,11-14H2. The van der Waals surface area contributed by atoms with Gasteiger partial charge in [-0.2, -0.15) is 0 Å². The van der Waals surface area contributed by atoms with Crippen LogP contribution in [0, 0.1) is 5.82 Å². The summed E-state index contributed by atoms with van der Waals surface area (Å²) in [5.74, 6) is -0.363. The third kappa shape index (κ3) is 4.17. The second-order valence-electron chi connectivity index (χ2n) is 6.71. The number of fused-ring (bicyclic) bond motifs is 1. The lowest BCUT2D eigenvalue weighted by Gasteiger charge is -2.23. The van der Waals surface area contributed by atoms with E-state index in [1.807, 2.05) is 36.4 Å². The first-order valence-electron chi connectivity index (χ1n) is 9.21. The van der Waals surface area contributed by atoms with Crippen LogP contribution in [0.15, 0.2) is 48.5 Å². The lowest BCUT2D eigenvalue weighted by Crippen LogP contribution is -2.37. The summed E-state index contributed by atoms with van der Waals surface area (Å²) in [5.41, 5.74) is 1.45. The molecule has 1 aliphatic rings. The summed E-state index contributed by atoms with van der Waals surface area (Å²) >= 11 is 1.35. The number of hydrogen-bond donors (Lipinski definition) is 0. The number of rotatable bonds is 6. The van der Waals surface area contributed by atoms with Gasteiger partial charge in [0.15, 0.2) is 5.13 Å². The summed E-state index contributed by atoms with van der Waals surface area (Å²) in [7, 11) is 0. The molecule has 2 heterocycles. The summed E-state index contributed by atoms with van der Waals surface area (Å²) in [6, 6.07) is 14.8. The van der Waals surface area contributed by atoms with E-state index in [2.05, 4.69) is 4.98 Å². The van der Waals surface area contributed by atoms with Gasteiger partial charge in [0.05, 0.1) is 17.3 Å². The van der Waals surface area contributed by atoms with Crippen molar-refractivity contribution in [3.05, 3.63) is 59.9 Å². The lowest BCUT2D eigenvalue weighted by atomic mass is 10.1. The molecule has 0 aliphatic carbocycles.